The molecule has 2 saturated heterocycles. The van der Waals surface area contributed by atoms with Gasteiger partial charge in [-0.05, 0) is 37.5 Å². The molecule has 2 nitrogen and oxygen atoms in total. The zero-order valence-electron chi connectivity index (χ0n) is 7.37. The first kappa shape index (κ1) is 7.34. The van der Waals surface area contributed by atoms with Gasteiger partial charge in [-0.15, -0.1) is 0 Å². The van der Waals surface area contributed by atoms with Crippen LogP contribution in [0.25, 0.3) is 0 Å². The first-order valence-electron chi connectivity index (χ1n) is 5.16. The van der Waals surface area contributed by atoms with Crippen molar-refractivity contribution in [1.82, 2.24) is 0 Å². The second-order valence-electron chi connectivity index (χ2n) is 4.42. The van der Waals surface area contributed by atoms with Gasteiger partial charge < -0.3 is 9.47 Å². The van der Waals surface area contributed by atoms with Crippen LogP contribution in [0.3, 0.4) is 0 Å². The Bertz CT molecular complexity index is 145. The Morgan fingerprint density at radius 1 is 0.667 bits per heavy atom. The van der Waals surface area contributed by atoms with Gasteiger partial charge in [-0.2, -0.15) is 0 Å². The summed E-state index contributed by atoms with van der Waals surface area (Å²) in [6, 6.07) is 0. The second-order valence-corrected chi connectivity index (χ2v) is 4.42. The molecule has 3 fully saturated rings. The van der Waals surface area contributed by atoms with Crippen LogP contribution >= 0.6 is 0 Å². The lowest BCUT2D eigenvalue weighted by atomic mass is 9.79. The van der Waals surface area contributed by atoms with Crippen LogP contribution in [0, 0.1) is 11.8 Å². The highest BCUT2D eigenvalue weighted by molar-refractivity contribution is 4.88. The lowest BCUT2D eigenvalue weighted by Gasteiger charge is -2.26. The second kappa shape index (κ2) is 2.71. The third-order valence-corrected chi connectivity index (χ3v) is 3.59. The minimum absolute atomic E-state index is 0.645. The average molecular weight is 168 g/mol. The number of rotatable bonds is 2. The van der Waals surface area contributed by atoms with Crippen LogP contribution in [-0.4, -0.2) is 25.4 Å². The zero-order valence-corrected chi connectivity index (χ0v) is 7.37. The molecule has 2 unspecified atom stereocenters. The van der Waals surface area contributed by atoms with Crippen LogP contribution in [-0.2, 0) is 9.47 Å². The lowest BCUT2D eigenvalue weighted by Crippen LogP contribution is -2.21. The van der Waals surface area contributed by atoms with E-state index in [9.17, 15) is 0 Å². The molecule has 2 heteroatoms. The molecule has 0 bridgehead atoms. The predicted octanol–water partition coefficient (Wildman–Crippen LogP) is 1.59. The molecule has 2 heterocycles. The monoisotopic (exact) mass is 168 g/mol. The summed E-state index contributed by atoms with van der Waals surface area (Å²) in [5, 5.41) is 0. The van der Waals surface area contributed by atoms with E-state index in [2.05, 4.69) is 0 Å². The standard InChI is InChI=1S/C10H16O2/c1-2-8(10-6-12-10)4-3-7(1)9-5-11-9/h7-10H,1-6H2. The molecule has 2 aliphatic heterocycles. The summed E-state index contributed by atoms with van der Waals surface area (Å²) in [6.07, 6.45) is 6.83. The minimum Gasteiger partial charge on any atom is -0.373 e. The van der Waals surface area contributed by atoms with Gasteiger partial charge in [0.25, 0.3) is 0 Å². The van der Waals surface area contributed by atoms with Crippen molar-refractivity contribution in [2.75, 3.05) is 13.2 Å². The molecular formula is C10H16O2. The molecule has 0 aromatic carbocycles. The molecule has 0 amide bonds. The number of hydrogen-bond donors (Lipinski definition) is 0. The Labute approximate surface area is 73.2 Å². The van der Waals surface area contributed by atoms with Crippen LogP contribution < -0.4 is 0 Å². The molecule has 3 aliphatic rings. The maximum atomic E-state index is 5.33. The molecule has 68 valence electrons. The van der Waals surface area contributed by atoms with Crippen molar-refractivity contribution in [2.45, 2.75) is 37.9 Å². The highest BCUT2D eigenvalue weighted by atomic mass is 16.6. The van der Waals surface area contributed by atoms with Gasteiger partial charge in [0.05, 0.1) is 25.4 Å². The summed E-state index contributed by atoms with van der Waals surface area (Å²) in [6.45, 7) is 2.07. The Morgan fingerprint density at radius 2 is 1.00 bits per heavy atom. The lowest BCUT2D eigenvalue weighted by molar-refractivity contribution is 0.195. The molecule has 1 saturated carbocycles. The largest absolute Gasteiger partial charge is 0.373 e. The van der Waals surface area contributed by atoms with E-state index in [0.717, 1.165) is 25.0 Å². The third-order valence-electron chi connectivity index (χ3n) is 3.59. The van der Waals surface area contributed by atoms with Crippen molar-refractivity contribution in [3.63, 3.8) is 0 Å². The number of ether oxygens (including phenoxy) is 2. The van der Waals surface area contributed by atoms with E-state index < -0.39 is 0 Å². The van der Waals surface area contributed by atoms with Gasteiger partial charge in [-0.3, -0.25) is 0 Å². The van der Waals surface area contributed by atoms with Crippen molar-refractivity contribution in [1.29, 1.82) is 0 Å². The summed E-state index contributed by atoms with van der Waals surface area (Å²) >= 11 is 0. The van der Waals surface area contributed by atoms with Crippen LogP contribution in [0.2, 0.25) is 0 Å². The Hall–Kier alpha value is -0.0800. The van der Waals surface area contributed by atoms with Crippen LogP contribution in [0.1, 0.15) is 25.7 Å². The summed E-state index contributed by atoms with van der Waals surface area (Å²) in [5.74, 6) is 1.78. The van der Waals surface area contributed by atoms with Crippen LogP contribution in [0.5, 0.6) is 0 Å². The van der Waals surface area contributed by atoms with Gasteiger partial charge in [0.15, 0.2) is 0 Å². The van der Waals surface area contributed by atoms with Crippen molar-refractivity contribution >= 4 is 0 Å². The van der Waals surface area contributed by atoms with E-state index >= 15 is 0 Å². The van der Waals surface area contributed by atoms with Crippen molar-refractivity contribution in [3.05, 3.63) is 0 Å². The van der Waals surface area contributed by atoms with Gasteiger partial charge in [-0.25, -0.2) is 0 Å². The highest BCUT2D eigenvalue weighted by Crippen LogP contribution is 2.40. The SMILES string of the molecule is C1CC(C2CO2)CCC1C1CO1. The minimum atomic E-state index is 0.645. The molecule has 12 heavy (non-hydrogen) atoms. The van der Waals surface area contributed by atoms with E-state index in [1.54, 1.807) is 0 Å². The molecule has 1 aliphatic carbocycles. The first-order valence-corrected chi connectivity index (χ1v) is 5.16. The molecule has 2 atom stereocenters. The topological polar surface area (TPSA) is 25.1 Å². The fourth-order valence-corrected chi connectivity index (χ4v) is 2.54. The van der Waals surface area contributed by atoms with E-state index in [1.807, 2.05) is 0 Å². The van der Waals surface area contributed by atoms with Gasteiger partial charge >= 0.3 is 0 Å². The van der Waals surface area contributed by atoms with E-state index in [1.165, 1.54) is 25.7 Å². The Balaban J connectivity index is 1.51. The molecule has 0 spiro atoms. The summed E-state index contributed by atoms with van der Waals surface area (Å²) in [7, 11) is 0. The van der Waals surface area contributed by atoms with Gasteiger partial charge in [0, 0.05) is 0 Å². The Morgan fingerprint density at radius 3 is 1.25 bits per heavy atom. The number of hydrogen-bond acceptors (Lipinski definition) is 2. The smallest absolute Gasteiger partial charge is 0.0838 e. The highest BCUT2D eigenvalue weighted by Gasteiger charge is 2.40. The van der Waals surface area contributed by atoms with Gasteiger partial charge in [0.1, 0.15) is 0 Å². The van der Waals surface area contributed by atoms with Crippen molar-refractivity contribution < 1.29 is 9.47 Å². The van der Waals surface area contributed by atoms with Crippen LogP contribution in [0.15, 0.2) is 0 Å². The predicted molar refractivity (Wildman–Crippen MR) is 44.9 cm³/mol. The fraction of sp³-hybridized carbons (Fsp3) is 1.00. The van der Waals surface area contributed by atoms with Crippen molar-refractivity contribution in [3.8, 4) is 0 Å². The van der Waals surface area contributed by atoms with Gasteiger partial charge in [0.2, 0.25) is 0 Å². The molecule has 0 radical (unpaired) electrons. The average Bonchev–Trinajstić information content (AvgIpc) is 2.98. The molecule has 0 N–H and O–H groups in total. The maximum absolute atomic E-state index is 5.33. The third kappa shape index (κ3) is 1.38. The van der Waals surface area contributed by atoms with Gasteiger partial charge in [-0.1, -0.05) is 0 Å². The quantitative estimate of drug-likeness (QED) is 0.585. The molecule has 3 rings (SSSR count). The Kier molecular flexibility index (Phi) is 1.66. The summed E-state index contributed by atoms with van der Waals surface area (Å²) < 4.78 is 10.7. The normalized spacial score (nSPS) is 52.0. The number of epoxide rings is 2. The summed E-state index contributed by atoms with van der Waals surface area (Å²) in [4.78, 5) is 0. The fourth-order valence-electron chi connectivity index (χ4n) is 2.54. The molecular weight excluding hydrogens is 152 g/mol. The first-order chi connectivity index (χ1) is 5.93. The van der Waals surface area contributed by atoms with E-state index in [4.69, 9.17) is 9.47 Å². The van der Waals surface area contributed by atoms with Crippen molar-refractivity contribution in [2.24, 2.45) is 11.8 Å². The van der Waals surface area contributed by atoms with E-state index in [0.29, 0.717) is 12.2 Å². The summed E-state index contributed by atoms with van der Waals surface area (Å²) in [5.41, 5.74) is 0. The zero-order chi connectivity index (χ0) is 7.97. The molecule has 0 aromatic heterocycles. The maximum Gasteiger partial charge on any atom is 0.0838 e. The molecule has 0 aromatic rings. The van der Waals surface area contributed by atoms with E-state index in [-0.39, 0.29) is 0 Å². The van der Waals surface area contributed by atoms with Crippen LogP contribution in [0.4, 0.5) is 0 Å².